The molecule has 24 heavy (non-hydrogen) atoms. The molecule has 0 radical (unpaired) electrons. The van der Waals surface area contributed by atoms with Crippen molar-refractivity contribution in [3.8, 4) is 5.75 Å². The quantitative estimate of drug-likeness (QED) is 0.874. The molecule has 2 aliphatic carbocycles. The van der Waals surface area contributed by atoms with Crippen LogP contribution in [0.3, 0.4) is 0 Å². The van der Waals surface area contributed by atoms with Crippen molar-refractivity contribution >= 4 is 18.3 Å². The highest BCUT2D eigenvalue weighted by atomic mass is 35.5. The second-order valence-electron chi connectivity index (χ2n) is 7.27. The first kappa shape index (κ1) is 19.1. The molecule has 4 nitrogen and oxygen atoms in total. The first-order chi connectivity index (χ1) is 11.1. The highest BCUT2D eigenvalue weighted by Gasteiger charge is 2.40. The third-order valence-electron chi connectivity index (χ3n) is 5.60. The number of hydrogen-bond donors (Lipinski definition) is 2. The zero-order chi connectivity index (χ0) is 16.4. The van der Waals surface area contributed by atoms with E-state index < -0.39 is 0 Å². The lowest BCUT2D eigenvalue weighted by atomic mass is 9.65. The van der Waals surface area contributed by atoms with Gasteiger partial charge in [0.2, 0.25) is 5.91 Å². The van der Waals surface area contributed by atoms with Crippen molar-refractivity contribution in [2.75, 3.05) is 7.11 Å². The van der Waals surface area contributed by atoms with Crippen molar-refractivity contribution in [2.24, 2.45) is 23.5 Å². The Morgan fingerprint density at radius 3 is 2.54 bits per heavy atom. The summed E-state index contributed by atoms with van der Waals surface area (Å²) in [5.41, 5.74) is 8.55. The largest absolute Gasteiger partial charge is 0.497 e. The van der Waals surface area contributed by atoms with Crippen molar-refractivity contribution in [3.05, 3.63) is 29.3 Å². The molecular weight excluding hydrogens is 324 g/mol. The average Bonchev–Trinajstić information content (AvgIpc) is 2.51. The normalized spacial score (nSPS) is 28.6. The monoisotopic (exact) mass is 352 g/mol. The van der Waals surface area contributed by atoms with Gasteiger partial charge in [0.05, 0.1) is 7.11 Å². The molecule has 2 unspecified atom stereocenters. The van der Waals surface area contributed by atoms with Crippen LogP contribution in [0.2, 0.25) is 0 Å². The van der Waals surface area contributed by atoms with Crippen molar-refractivity contribution in [3.63, 3.8) is 0 Å². The van der Waals surface area contributed by atoms with Gasteiger partial charge in [-0.2, -0.15) is 0 Å². The summed E-state index contributed by atoms with van der Waals surface area (Å²) in [7, 11) is 1.67. The molecule has 3 N–H and O–H groups in total. The topological polar surface area (TPSA) is 64.3 Å². The Hall–Kier alpha value is -1.26. The number of ether oxygens (including phenoxy) is 1. The number of hydrogen-bond acceptors (Lipinski definition) is 3. The standard InChI is InChI=1S/C19H28N2O2.ClH/c1-12-6-13(8-17(7-12)23-2)11-21-19(22)16-9-14-4-3-5-15(10-16)18(14)20;/h6-8,14-16,18H,3-5,9-11,20H2,1-2H3,(H,21,22);1H. The first-order valence-corrected chi connectivity index (χ1v) is 8.74. The maximum Gasteiger partial charge on any atom is 0.223 e. The summed E-state index contributed by atoms with van der Waals surface area (Å²) in [6.07, 6.45) is 5.58. The van der Waals surface area contributed by atoms with Gasteiger partial charge >= 0.3 is 0 Å². The van der Waals surface area contributed by atoms with E-state index in [0.717, 1.165) is 29.7 Å². The second-order valence-corrected chi connectivity index (χ2v) is 7.27. The summed E-state index contributed by atoms with van der Waals surface area (Å²) in [4.78, 5) is 12.6. The Morgan fingerprint density at radius 1 is 1.25 bits per heavy atom. The zero-order valence-electron chi connectivity index (χ0n) is 14.6. The van der Waals surface area contributed by atoms with Crippen LogP contribution < -0.4 is 15.8 Å². The van der Waals surface area contributed by atoms with Crippen LogP contribution in [-0.2, 0) is 11.3 Å². The Labute approximate surface area is 150 Å². The Morgan fingerprint density at radius 2 is 1.92 bits per heavy atom. The number of amides is 1. The molecule has 1 aromatic carbocycles. The van der Waals surface area contributed by atoms with Gasteiger partial charge in [0.1, 0.15) is 5.75 Å². The van der Waals surface area contributed by atoms with Crippen LogP contribution in [0.25, 0.3) is 0 Å². The zero-order valence-corrected chi connectivity index (χ0v) is 15.4. The van der Waals surface area contributed by atoms with Gasteiger partial charge in [-0.25, -0.2) is 0 Å². The van der Waals surface area contributed by atoms with E-state index in [1.165, 1.54) is 19.3 Å². The number of fused-ring (bicyclic) bond motifs is 2. The number of rotatable bonds is 4. The molecule has 2 saturated carbocycles. The van der Waals surface area contributed by atoms with Gasteiger partial charge < -0.3 is 15.8 Å². The third-order valence-corrected chi connectivity index (χ3v) is 5.60. The number of carbonyl (C=O) groups is 1. The molecule has 0 heterocycles. The number of halogens is 1. The van der Waals surface area contributed by atoms with Crippen LogP contribution in [0.15, 0.2) is 18.2 Å². The van der Waals surface area contributed by atoms with Gasteiger partial charge in [-0.15, -0.1) is 12.4 Å². The smallest absolute Gasteiger partial charge is 0.223 e. The lowest BCUT2D eigenvalue weighted by Gasteiger charge is -2.43. The van der Waals surface area contributed by atoms with E-state index >= 15 is 0 Å². The second kappa shape index (κ2) is 8.21. The first-order valence-electron chi connectivity index (χ1n) is 8.74. The fourth-order valence-corrected chi connectivity index (χ4v) is 4.38. The van der Waals surface area contributed by atoms with Crippen LogP contribution in [0.4, 0.5) is 0 Å². The minimum absolute atomic E-state index is 0. The molecule has 2 atom stereocenters. The number of methoxy groups -OCH3 is 1. The number of nitrogens with one attached hydrogen (secondary N) is 1. The minimum atomic E-state index is 0. The maximum atomic E-state index is 12.6. The molecule has 3 rings (SSSR count). The van der Waals surface area contributed by atoms with Gasteiger partial charge in [0, 0.05) is 18.5 Å². The summed E-state index contributed by atoms with van der Waals surface area (Å²) in [6, 6.07) is 6.39. The highest BCUT2D eigenvalue weighted by molar-refractivity contribution is 5.85. The molecule has 2 fully saturated rings. The number of benzene rings is 1. The molecule has 0 aliphatic heterocycles. The molecule has 0 spiro atoms. The van der Waals surface area contributed by atoms with Gasteiger partial charge in [0.25, 0.3) is 0 Å². The number of nitrogens with two attached hydrogens (primary N) is 1. The SMILES string of the molecule is COc1cc(C)cc(CNC(=O)C2CC3CCCC(C2)C3N)c1.Cl. The molecule has 2 bridgehead atoms. The van der Waals surface area contributed by atoms with Crippen molar-refractivity contribution in [2.45, 2.75) is 51.6 Å². The van der Waals surface area contributed by atoms with Gasteiger partial charge in [-0.05, 0) is 67.7 Å². The summed E-state index contributed by atoms with van der Waals surface area (Å²) in [5.74, 6) is 2.24. The fourth-order valence-electron chi connectivity index (χ4n) is 4.38. The van der Waals surface area contributed by atoms with E-state index in [2.05, 4.69) is 11.4 Å². The minimum Gasteiger partial charge on any atom is -0.497 e. The average molecular weight is 353 g/mol. The molecular formula is C19H29ClN2O2. The molecule has 2 aliphatic rings. The predicted molar refractivity (Wildman–Crippen MR) is 98.4 cm³/mol. The highest BCUT2D eigenvalue weighted by Crippen LogP contribution is 2.41. The summed E-state index contributed by atoms with van der Waals surface area (Å²) >= 11 is 0. The van der Waals surface area contributed by atoms with E-state index in [9.17, 15) is 4.79 Å². The molecule has 0 aromatic heterocycles. The maximum absolute atomic E-state index is 12.6. The lowest BCUT2D eigenvalue weighted by molar-refractivity contribution is -0.128. The number of carbonyl (C=O) groups excluding carboxylic acids is 1. The molecule has 5 heteroatoms. The van der Waals surface area contributed by atoms with Crippen LogP contribution in [0, 0.1) is 24.7 Å². The van der Waals surface area contributed by atoms with E-state index in [1.807, 2.05) is 19.1 Å². The van der Waals surface area contributed by atoms with Crippen molar-refractivity contribution in [1.29, 1.82) is 0 Å². The Bertz CT molecular complexity index is 564. The summed E-state index contributed by atoms with van der Waals surface area (Å²) in [5, 5.41) is 3.12. The molecule has 1 amide bonds. The molecule has 1 aromatic rings. The summed E-state index contributed by atoms with van der Waals surface area (Å²) in [6.45, 7) is 2.60. The summed E-state index contributed by atoms with van der Waals surface area (Å²) < 4.78 is 5.29. The van der Waals surface area contributed by atoms with Crippen molar-refractivity contribution in [1.82, 2.24) is 5.32 Å². The molecule has 134 valence electrons. The fraction of sp³-hybridized carbons (Fsp3) is 0.632. The van der Waals surface area contributed by atoms with Crippen LogP contribution in [-0.4, -0.2) is 19.1 Å². The van der Waals surface area contributed by atoms with Crippen LogP contribution in [0.5, 0.6) is 5.75 Å². The Balaban J connectivity index is 0.00000208. The van der Waals surface area contributed by atoms with Crippen LogP contribution in [0.1, 0.15) is 43.2 Å². The van der Waals surface area contributed by atoms with Gasteiger partial charge in [-0.1, -0.05) is 12.5 Å². The van der Waals surface area contributed by atoms with Crippen molar-refractivity contribution < 1.29 is 9.53 Å². The van der Waals surface area contributed by atoms with Crippen LogP contribution >= 0.6 is 12.4 Å². The lowest BCUT2D eigenvalue weighted by Crippen LogP contribution is -2.49. The van der Waals surface area contributed by atoms with E-state index in [1.54, 1.807) is 7.11 Å². The van der Waals surface area contributed by atoms with E-state index in [-0.39, 0.29) is 24.2 Å². The van der Waals surface area contributed by atoms with E-state index in [0.29, 0.717) is 24.4 Å². The predicted octanol–water partition coefficient (Wildman–Crippen LogP) is 3.20. The van der Waals surface area contributed by atoms with Gasteiger partial charge in [-0.3, -0.25) is 4.79 Å². The molecule has 0 saturated heterocycles. The Kier molecular flexibility index (Phi) is 6.53. The third kappa shape index (κ3) is 4.22. The number of aryl methyl sites for hydroxylation is 1. The van der Waals surface area contributed by atoms with E-state index in [4.69, 9.17) is 10.5 Å². The van der Waals surface area contributed by atoms with Gasteiger partial charge in [0.15, 0.2) is 0 Å².